The molecule has 0 saturated carbocycles. The third-order valence-electron chi connectivity index (χ3n) is 4.80. The second kappa shape index (κ2) is 7.47. The number of benzene rings is 1. The largest absolute Gasteiger partial charge is 0.458 e. The lowest BCUT2D eigenvalue weighted by molar-refractivity contribution is -0.145. The van der Waals surface area contributed by atoms with Crippen LogP contribution in [0.1, 0.15) is 11.5 Å². The zero-order chi connectivity index (χ0) is 21.4. The number of nitrogens with zero attached hydrogens (tertiary/aromatic N) is 5. The molecule has 0 saturated heterocycles. The van der Waals surface area contributed by atoms with Gasteiger partial charge in [0.2, 0.25) is 5.89 Å². The van der Waals surface area contributed by atoms with E-state index in [-0.39, 0.29) is 24.3 Å². The Hall–Kier alpha value is -3.95. The van der Waals surface area contributed by atoms with Gasteiger partial charge in [-0.25, -0.2) is 14.8 Å². The molecule has 30 heavy (non-hydrogen) atoms. The Bertz CT molecular complexity index is 1360. The summed E-state index contributed by atoms with van der Waals surface area (Å²) in [5, 5.41) is 0. The first-order valence-electron chi connectivity index (χ1n) is 9.15. The second-order valence-corrected chi connectivity index (χ2v) is 6.80. The number of aromatic nitrogens is 5. The summed E-state index contributed by atoms with van der Waals surface area (Å²) in [5.41, 5.74) is 0.672. The minimum Gasteiger partial charge on any atom is -0.458 e. The molecular weight excluding hydrogens is 390 g/mol. The molecule has 0 atom stereocenters. The molecule has 0 aliphatic heterocycles. The van der Waals surface area contributed by atoms with Crippen molar-refractivity contribution in [1.29, 1.82) is 0 Å². The molecule has 0 aliphatic carbocycles. The molecule has 3 aromatic heterocycles. The van der Waals surface area contributed by atoms with Gasteiger partial charge in [0, 0.05) is 19.7 Å². The van der Waals surface area contributed by atoms with E-state index in [9.17, 15) is 14.4 Å². The van der Waals surface area contributed by atoms with E-state index in [0.29, 0.717) is 17.3 Å². The van der Waals surface area contributed by atoms with E-state index in [1.165, 1.54) is 29.6 Å². The fourth-order valence-electron chi connectivity index (χ4n) is 3.12. The van der Waals surface area contributed by atoms with Gasteiger partial charge in [0.1, 0.15) is 24.6 Å². The number of rotatable bonds is 5. The van der Waals surface area contributed by atoms with Crippen LogP contribution in [-0.4, -0.2) is 29.6 Å². The maximum atomic E-state index is 12.4. The van der Waals surface area contributed by atoms with Crippen molar-refractivity contribution < 1.29 is 13.9 Å². The van der Waals surface area contributed by atoms with Crippen molar-refractivity contribution >= 4 is 17.1 Å². The first-order valence-corrected chi connectivity index (χ1v) is 9.15. The number of hydrogen-bond donors (Lipinski definition) is 0. The van der Waals surface area contributed by atoms with Crippen molar-refractivity contribution in [2.45, 2.75) is 20.1 Å². The molecule has 3 heterocycles. The van der Waals surface area contributed by atoms with Gasteiger partial charge in [-0.1, -0.05) is 18.2 Å². The maximum absolute atomic E-state index is 12.4. The Labute approximate surface area is 170 Å². The number of carbonyl (C=O) groups excluding carboxylic acids is 1. The van der Waals surface area contributed by atoms with Gasteiger partial charge in [-0.05, 0) is 19.1 Å². The predicted octanol–water partition coefficient (Wildman–Crippen LogP) is 1.14. The first-order chi connectivity index (χ1) is 14.4. The van der Waals surface area contributed by atoms with Gasteiger partial charge in [0.15, 0.2) is 11.2 Å². The second-order valence-electron chi connectivity index (χ2n) is 6.80. The first kappa shape index (κ1) is 19.4. The topological polar surface area (TPSA) is 114 Å². The summed E-state index contributed by atoms with van der Waals surface area (Å²) in [7, 11) is 2.88. The van der Waals surface area contributed by atoms with E-state index >= 15 is 0 Å². The SMILES string of the molecule is Cc1oc(-c2ccccc2)nc1COC(=O)Cn1cnc2c1c(=O)n(C)c(=O)n2C. The molecule has 0 aliphatic rings. The van der Waals surface area contributed by atoms with Crippen molar-refractivity contribution in [3.8, 4) is 11.5 Å². The predicted molar refractivity (Wildman–Crippen MR) is 107 cm³/mol. The number of oxazole rings is 1. The Balaban J connectivity index is 1.51. The molecule has 154 valence electrons. The van der Waals surface area contributed by atoms with Crippen molar-refractivity contribution in [2.75, 3.05) is 0 Å². The molecule has 1 aromatic carbocycles. The zero-order valence-corrected chi connectivity index (χ0v) is 16.7. The van der Waals surface area contributed by atoms with Crippen molar-refractivity contribution in [2.24, 2.45) is 14.1 Å². The molecule has 4 rings (SSSR count). The van der Waals surface area contributed by atoms with Crippen LogP contribution in [0.15, 0.2) is 50.7 Å². The van der Waals surface area contributed by atoms with Crippen LogP contribution in [0.5, 0.6) is 0 Å². The number of aryl methyl sites for hydroxylation is 2. The van der Waals surface area contributed by atoms with E-state index in [0.717, 1.165) is 10.1 Å². The van der Waals surface area contributed by atoms with Gasteiger partial charge >= 0.3 is 11.7 Å². The standard InChI is InChI=1S/C20H19N5O5/c1-12-14(22-18(30-12)13-7-5-4-6-8-13)10-29-15(26)9-25-11-21-17-16(25)19(27)24(3)20(28)23(17)2/h4-8,11H,9-10H2,1-3H3. The van der Waals surface area contributed by atoms with Crippen molar-refractivity contribution in [1.82, 2.24) is 23.7 Å². The van der Waals surface area contributed by atoms with Crippen LogP contribution in [0.4, 0.5) is 0 Å². The van der Waals surface area contributed by atoms with Gasteiger partial charge in [-0.3, -0.25) is 18.7 Å². The van der Waals surface area contributed by atoms with Gasteiger partial charge in [-0.15, -0.1) is 0 Å². The molecule has 0 N–H and O–H groups in total. The number of fused-ring (bicyclic) bond motifs is 1. The van der Waals surface area contributed by atoms with Gasteiger partial charge in [0.25, 0.3) is 5.56 Å². The van der Waals surface area contributed by atoms with E-state index in [4.69, 9.17) is 9.15 Å². The van der Waals surface area contributed by atoms with E-state index < -0.39 is 17.2 Å². The third kappa shape index (κ3) is 3.32. The number of imidazole rings is 1. The third-order valence-corrected chi connectivity index (χ3v) is 4.80. The summed E-state index contributed by atoms with van der Waals surface area (Å²) in [6.07, 6.45) is 1.33. The normalized spacial score (nSPS) is 11.2. The summed E-state index contributed by atoms with van der Waals surface area (Å²) in [4.78, 5) is 45.3. The van der Waals surface area contributed by atoms with Gasteiger partial charge in [-0.2, -0.15) is 0 Å². The highest BCUT2D eigenvalue weighted by Gasteiger charge is 2.18. The minimum absolute atomic E-state index is 0.0654. The summed E-state index contributed by atoms with van der Waals surface area (Å²) < 4.78 is 14.6. The minimum atomic E-state index is -0.575. The average molecular weight is 409 g/mol. The highest BCUT2D eigenvalue weighted by molar-refractivity contribution is 5.75. The van der Waals surface area contributed by atoms with Crippen LogP contribution >= 0.6 is 0 Å². The van der Waals surface area contributed by atoms with E-state index in [1.54, 1.807) is 6.92 Å². The summed E-state index contributed by atoms with van der Waals surface area (Å²) in [5.74, 6) is 0.427. The molecule has 0 unspecified atom stereocenters. The Morgan fingerprint density at radius 2 is 1.87 bits per heavy atom. The Morgan fingerprint density at radius 1 is 1.13 bits per heavy atom. The Morgan fingerprint density at radius 3 is 2.60 bits per heavy atom. The molecule has 0 spiro atoms. The lowest BCUT2D eigenvalue weighted by atomic mass is 10.2. The molecule has 10 heteroatoms. The lowest BCUT2D eigenvalue weighted by Crippen LogP contribution is -2.37. The molecule has 0 fully saturated rings. The van der Waals surface area contributed by atoms with Crippen LogP contribution in [0.2, 0.25) is 0 Å². The van der Waals surface area contributed by atoms with Crippen LogP contribution in [0.25, 0.3) is 22.6 Å². The van der Waals surface area contributed by atoms with Crippen molar-refractivity contribution in [3.05, 3.63) is 69.0 Å². The highest BCUT2D eigenvalue weighted by atomic mass is 16.5. The average Bonchev–Trinajstić information content (AvgIpc) is 3.33. The van der Waals surface area contributed by atoms with Crippen LogP contribution in [0.3, 0.4) is 0 Å². The summed E-state index contributed by atoms with van der Waals surface area (Å²) in [6, 6.07) is 9.40. The lowest BCUT2D eigenvalue weighted by Gasteiger charge is -2.07. The quantitative estimate of drug-likeness (QED) is 0.454. The van der Waals surface area contributed by atoms with E-state index in [2.05, 4.69) is 9.97 Å². The number of hydrogen-bond acceptors (Lipinski definition) is 7. The fourth-order valence-corrected chi connectivity index (χ4v) is 3.12. The fraction of sp³-hybridized carbons (Fsp3) is 0.250. The highest BCUT2D eigenvalue weighted by Crippen LogP contribution is 2.21. The number of carbonyl (C=O) groups is 1. The van der Waals surface area contributed by atoms with E-state index in [1.807, 2.05) is 30.3 Å². The monoisotopic (exact) mass is 409 g/mol. The molecular formula is C20H19N5O5. The molecule has 0 radical (unpaired) electrons. The van der Waals surface area contributed by atoms with Crippen LogP contribution in [0, 0.1) is 6.92 Å². The van der Waals surface area contributed by atoms with Crippen LogP contribution < -0.4 is 11.2 Å². The summed E-state index contributed by atoms with van der Waals surface area (Å²) in [6.45, 7) is 1.45. The summed E-state index contributed by atoms with van der Waals surface area (Å²) >= 11 is 0. The molecule has 10 nitrogen and oxygen atoms in total. The molecule has 0 amide bonds. The number of esters is 1. The molecule has 4 aromatic rings. The smallest absolute Gasteiger partial charge is 0.332 e. The van der Waals surface area contributed by atoms with Gasteiger partial charge < -0.3 is 13.7 Å². The zero-order valence-electron chi connectivity index (χ0n) is 16.7. The maximum Gasteiger partial charge on any atom is 0.332 e. The van der Waals surface area contributed by atoms with Crippen LogP contribution in [-0.2, 0) is 36.8 Å². The van der Waals surface area contributed by atoms with Gasteiger partial charge in [0.05, 0.1) is 6.33 Å². The van der Waals surface area contributed by atoms with Crippen molar-refractivity contribution in [3.63, 3.8) is 0 Å². The molecule has 0 bridgehead atoms. The Kier molecular flexibility index (Phi) is 4.82. The number of ether oxygens (including phenoxy) is 1.